The molecule has 5 rings (SSSR count). The zero-order valence-electron chi connectivity index (χ0n) is 23.0. The summed E-state index contributed by atoms with van der Waals surface area (Å²) in [5.74, 6) is 1.27. The van der Waals surface area contributed by atoms with Gasteiger partial charge in [0.15, 0.2) is 11.2 Å². The molecule has 5 aromatic rings. The number of aromatic nitrogens is 8. The second-order valence-corrected chi connectivity index (χ2v) is 10.9. The molecule has 0 aliphatic rings. The number of tetrazole rings is 1. The van der Waals surface area contributed by atoms with E-state index in [1.54, 1.807) is 6.92 Å². The predicted octanol–water partition coefficient (Wildman–Crippen LogP) is 3.55. The average Bonchev–Trinajstić information content (AvgIpc) is 3.56. The number of nitrogens with zero attached hydrogens (tertiary/aromatic N) is 7. The minimum atomic E-state index is -0.587. The molecule has 39 heavy (non-hydrogen) atoms. The molecule has 202 valence electrons. The Labute approximate surface area is 225 Å². The lowest BCUT2D eigenvalue weighted by molar-refractivity contribution is 0.0588. The van der Waals surface area contributed by atoms with Crippen LogP contribution >= 0.6 is 0 Å². The number of H-pyrrole nitrogens is 1. The number of nitrogens with one attached hydrogen (secondary N) is 1. The molecule has 0 bridgehead atoms. The fourth-order valence-corrected chi connectivity index (χ4v) is 4.75. The molecule has 2 aromatic carbocycles. The molecule has 11 heteroatoms. The number of hydrogen-bond donors (Lipinski definition) is 1. The molecule has 0 radical (unpaired) electrons. The van der Waals surface area contributed by atoms with Gasteiger partial charge in [-0.15, -0.1) is 10.2 Å². The van der Waals surface area contributed by atoms with Crippen LogP contribution in [0.1, 0.15) is 45.3 Å². The van der Waals surface area contributed by atoms with Gasteiger partial charge >= 0.3 is 5.69 Å². The number of methoxy groups -OCH3 is 1. The van der Waals surface area contributed by atoms with Gasteiger partial charge in [-0.05, 0) is 34.2 Å². The van der Waals surface area contributed by atoms with Crippen LogP contribution in [0.4, 0.5) is 0 Å². The average molecular weight is 529 g/mol. The zero-order chi connectivity index (χ0) is 27.9. The molecule has 0 aliphatic heterocycles. The summed E-state index contributed by atoms with van der Waals surface area (Å²) in [5, 5.41) is 14.5. The molecule has 3 aromatic heterocycles. The largest absolute Gasteiger partial charge is 0.361 e. The van der Waals surface area contributed by atoms with Crippen LogP contribution in [0.2, 0.25) is 0 Å². The molecule has 0 saturated heterocycles. The second-order valence-electron chi connectivity index (χ2n) is 10.9. The van der Waals surface area contributed by atoms with Gasteiger partial charge in [0, 0.05) is 32.7 Å². The Morgan fingerprint density at radius 3 is 2.33 bits per heavy atom. The highest BCUT2D eigenvalue weighted by Crippen LogP contribution is 2.30. The molecule has 1 atom stereocenters. The second kappa shape index (κ2) is 10.1. The summed E-state index contributed by atoms with van der Waals surface area (Å²) in [6.07, 6.45) is 0.0347. The highest BCUT2D eigenvalue weighted by Gasteiger charge is 2.25. The van der Waals surface area contributed by atoms with E-state index in [0.29, 0.717) is 30.0 Å². The summed E-state index contributed by atoms with van der Waals surface area (Å²) < 4.78 is 9.96. The molecule has 0 aliphatic carbocycles. The van der Waals surface area contributed by atoms with Crippen LogP contribution in [0, 0.1) is 5.41 Å². The normalized spacial score (nSPS) is 12.8. The summed E-state index contributed by atoms with van der Waals surface area (Å²) in [6, 6.07) is 16.0. The number of ether oxygens (including phenoxy) is 1. The van der Waals surface area contributed by atoms with E-state index in [0.717, 1.165) is 32.6 Å². The van der Waals surface area contributed by atoms with Crippen LogP contribution in [0.3, 0.4) is 0 Å². The van der Waals surface area contributed by atoms with Crippen molar-refractivity contribution in [3.05, 3.63) is 80.8 Å². The van der Waals surface area contributed by atoms with E-state index in [1.807, 2.05) is 53.1 Å². The van der Waals surface area contributed by atoms with E-state index in [1.165, 1.54) is 18.7 Å². The number of rotatable bonds is 7. The van der Waals surface area contributed by atoms with Gasteiger partial charge in [-0.2, -0.15) is 5.21 Å². The molecule has 1 N–H and O–H groups in total. The summed E-state index contributed by atoms with van der Waals surface area (Å²) in [5.41, 5.74) is 3.64. The number of imidazole rings is 1. The minimum absolute atomic E-state index is 0.0922. The van der Waals surface area contributed by atoms with Gasteiger partial charge < -0.3 is 9.30 Å². The van der Waals surface area contributed by atoms with Crippen LogP contribution < -0.4 is 11.2 Å². The Morgan fingerprint density at radius 1 is 1.03 bits per heavy atom. The smallest absolute Gasteiger partial charge is 0.334 e. The summed E-state index contributed by atoms with van der Waals surface area (Å²) in [7, 11) is 3.01. The van der Waals surface area contributed by atoms with Crippen molar-refractivity contribution in [3.8, 4) is 22.5 Å². The van der Waals surface area contributed by atoms with E-state index in [4.69, 9.17) is 9.72 Å². The lowest BCUT2D eigenvalue weighted by atomic mass is 9.92. The van der Waals surface area contributed by atoms with Crippen molar-refractivity contribution in [2.45, 2.75) is 46.9 Å². The summed E-state index contributed by atoms with van der Waals surface area (Å²) >= 11 is 0. The lowest BCUT2D eigenvalue weighted by Crippen LogP contribution is -2.40. The van der Waals surface area contributed by atoms with Crippen molar-refractivity contribution in [2.75, 3.05) is 7.11 Å². The van der Waals surface area contributed by atoms with Crippen LogP contribution in [-0.4, -0.2) is 46.4 Å². The molecule has 0 spiro atoms. The van der Waals surface area contributed by atoms with Gasteiger partial charge in [-0.25, -0.2) is 14.3 Å². The van der Waals surface area contributed by atoms with Gasteiger partial charge in [0.2, 0.25) is 5.82 Å². The van der Waals surface area contributed by atoms with E-state index < -0.39 is 11.9 Å². The first-order valence-corrected chi connectivity index (χ1v) is 12.7. The predicted molar refractivity (Wildman–Crippen MR) is 148 cm³/mol. The number of benzene rings is 2. The van der Waals surface area contributed by atoms with Crippen LogP contribution in [0.25, 0.3) is 33.7 Å². The zero-order valence-corrected chi connectivity index (χ0v) is 23.0. The van der Waals surface area contributed by atoms with E-state index in [-0.39, 0.29) is 11.0 Å². The Bertz CT molecular complexity index is 1740. The first-order chi connectivity index (χ1) is 18.6. The highest BCUT2D eigenvalue weighted by atomic mass is 16.5. The van der Waals surface area contributed by atoms with E-state index >= 15 is 0 Å². The Kier molecular flexibility index (Phi) is 6.77. The van der Waals surface area contributed by atoms with Crippen molar-refractivity contribution in [1.29, 1.82) is 0 Å². The fraction of sp³-hybridized carbons (Fsp3) is 0.357. The standard InChI is InChI=1S/C28H32N8O3/c1-17(39-6)36-25-23(26(37)34(5)27(36)38)35(22(29-25)15-28(2,3)4)16-18-11-13-19(14-12-18)20-9-7-8-10-21(20)24-30-32-33-31-24/h7-14,17H,15-16H2,1-6H3,(H,30,31,32,33). The Morgan fingerprint density at radius 2 is 1.72 bits per heavy atom. The number of fused-ring (bicyclic) bond motifs is 1. The van der Waals surface area contributed by atoms with Crippen LogP contribution in [0.15, 0.2) is 58.1 Å². The van der Waals surface area contributed by atoms with Crippen LogP contribution in [-0.2, 0) is 24.8 Å². The third kappa shape index (κ3) is 4.92. The minimum Gasteiger partial charge on any atom is -0.361 e. The first-order valence-electron chi connectivity index (χ1n) is 12.7. The molecule has 0 fully saturated rings. The maximum Gasteiger partial charge on any atom is 0.334 e. The van der Waals surface area contributed by atoms with Crippen molar-refractivity contribution in [3.63, 3.8) is 0 Å². The molecule has 0 saturated carbocycles. The quantitative estimate of drug-likeness (QED) is 0.342. The van der Waals surface area contributed by atoms with Gasteiger partial charge in [0.1, 0.15) is 12.1 Å². The third-order valence-electron chi connectivity index (χ3n) is 6.77. The maximum atomic E-state index is 13.4. The molecular weight excluding hydrogens is 496 g/mol. The Hall–Kier alpha value is -4.38. The topological polar surface area (TPSA) is 126 Å². The molecular formula is C28H32N8O3. The third-order valence-corrected chi connectivity index (χ3v) is 6.77. The van der Waals surface area contributed by atoms with Gasteiger partial charge in [0.25, 0.3) is 5.56 Å². The molecule has 11 nitrogen and oxygen atoms in total. The molecule has 0 amide bonds. The van der Waals surface area contributed by atoms with Crippen LogP contribution in [0.5, 0.6) is 0 Å². The lowest BCUT2D eigenvalue weighted by Gasteiger charge is -2.19. The molecule has 3 heterocycles. The summed E-state index contributed by atoms with van der Waals surface area (Å²) in [6.45, 7) is 8.54. The van der Waals surface area contributed by atoms with Crippen molar-refractivity contribution >= 4 is 11.2 Å². The SMILES string of the molecule is COC(C)n1c(=O)n(C)c(=O)c2c1nc(CC(C)(C)C)n2Cc1ccc(-c2ccccc2-c2nn[nH]n2)cc1. The maximum absolute atomic E-state index is 13.4. The number of hydrogen-bond acceptors (Lipinski definition) is 7. The van der Waals surface area contributed by atoms with E-state index in [9.17, 15) is 9.59 Å². The van der Waals surface area contributed by atoms with Gasteiger partial charge in [-0.3, -0.25) is 9.36 Å². The fourth-order valence-electron chi connectivity index (χ4n) is 4.75. The Balaban J connectivity index is 1.61. The first kappa shape index (κ1) is 26.2. The monoisotopic (exact) mass is 528 g/mol. The van der Waals surface area contributed by atoms with Crippen molar-refractivity contribution in [1.82, 2.24) is 39.3 Å². The van der Waals surface area contributed by atoms with Gasteiger partial charge in [0.05, 0.1) is 0 Å². The van der Waals surface area contributed by atoms with Crippen molar-refractivity contribution < 1.29 is 4.74 Å². The number of aromatic amines is 1. The highest BCUT2D eigenvalue weighted by molar-refractivity contribution is 5.80. The van der Waals surface area contributed by atoms with Crippen molar-refractivity contribution in [2.24, 2.45) is 12.5 Å². The summed E-state index contributed by atoms with van der Waals surface area (Å²) in [4.78, 5) is 31.3. The van der Waals surface area contributed by atoms with E-state index in [2.05, 4.69) is 41.4 Å². The van der Waals surface area contributed by atoms with Gasteiger partial charge in [-0.1, -0.05) is 69.3 Å². The molecule has 1 unspecified atom stereocenters.